The molecule has 1 rings (SSSR count). The average Bonchev–Trinajstić information content (AvgIpc) is 1.80. The molecule has 0 spiro atoms. The summed E-state index contributed by atoms with van der Waals surface area (Å²) in [5.74, 6) is 0. The molecule has 0 aromatic heterocycles. The van der Waals surface area contributed by atoms with Gasteiger partial charge in [0.05, 0.1) is 0 Å². The molecule has 0 aliphatic heterocycles. The van der Waals surface area contributed by atoms with Gasteiger partial charge in [-0.3, -0.25) is 0 Å². The average molecular weight is 148 g/mol. The van der Waals surface area contributed by atoms with Crippen LogP contribution in [0.3, 0.4) is 0 Å². The SMILES string of the molecule is Cc1ccc([NH-])cc1Cl.[Li+]. The molecule has 1 nitrogen and oxygen atoms in total. The number of aryl methyl sites for hydroxylation is 1. The normalized spacial score (nSPS) is 8.60. The van der Waals surface area contributed by atoms with Crippen LogP contribution in [0.2, 0.25) is 5.02 Å². The molecule has 0 bridgehead atoms. The largest absolute Gasteiger partial charge is 1.00 e. The fourth-order valence-corrected chi connectivity index (χ4v) is 0.773. The van der Waals surface area contributed by atoms with Crippen LogP contribution in [0, 0.1) is 6.92 Å². The van der Waals surface area contributed by atoms with Gasteiger partial charge in [-0.2, -0.15) is 0 Å². The molecular weight excluding hydrogens is 140 g/mol. The summed E-state index contributed by atoms with van der Waals surface area (Å²) in [7, 11) is 0. The van der Waals surface area contributed by atoms with Crippen molar-refractivity contribution in [1.29, 1.82) is 0 Å². The number of nitrogens with one attached hydrogen (secondary N) is 1. The van der Waals surface area contributed by atoms with Gasteiger partial charge in [-0.05, 0) is 12.5 Å². The maximum Gasteiger partial charge on any atom is 1.00 e. The van der Waals surface area contributed by atoms with E-state index in [2.05, 4.69) is 0 Å². The van der Waals surface area contributed by atoms with Gasteiger partial charge in [0.2, 0.25) is 0 Å². The van der Waals surface area contributed by atoms with E-state index in [1.807, 2.05) is 13.0 Å². The molecule has 10 heavy (non-hydrogen) atoms. The van der Waals surface area contributed by atoms with Crippen LogP contribution >= 0.6 is 11.6 Å². The number of rotatable bonds is 0. The molecule has 0 aliphatic rings. The fourth-order valence-electron chi connectivity index (χ4n) is 0.593. The third-order valence-electron chi connectivity index (χ3n) is 1.17. The van der Waals surface area contributed by atoms with E-state index in [1.54, 1.807) is 12.1 Å². The Morgan fingerprint density at radius 3 is 2.40 bits per heavy atom. The number of hydrogen-bond acceptors (Lipinski definition) is 0. The van der Waals surface area contributed by atoms with Crippen molar-refractivity contribution in [2.45, 2.75) is 6.92 Å². The smallest absolute Gasteiger partial charge is 0.699 e. The molecule has 0 heterocycles. The zero-order valence-corrected chi connectivity index (χ0v) is 6.87. The van der Waals surface area contributed by atoms with Gasteiger partial charge in [0.15, 0.2) is 0 Å². The van der Waals surface area contributed by atoms with Gasteiger partial charge < -0.3 is 5.73 Å². The topological polar surface area (TPSA) is 23.8 Å². The zero-order valence-electron chi connectivity index (χ0n) is 6.11. The second kappa shape index (κ2) is 3.93. The van der Waals surface area contributed by atoms with Crippen LogP contribution in [-0.2, 0) is 0 Å². The first kappa shape index (κ1) is 9.91. The molecule has 1 aromatic rings. The van der Waals surface area contributed by atoms with Crippen molar-refractivity contribution in [3.05, 3.63) is 34.5 Å². The van der Waals surface area contributed by atoms with E-state index in [9.17, 15) is 0 Å². The molecular formula is C7H7ClLiN. The van der Waals surface area contributed by atoms with E-state index in [0.29, 0.717) is 10.7 Å². The molecule has 0 radical (unpaired) electrons. The Bertz CT molecular complexity index is 225. The third kappa shape index (κ3) is 2.26. The van der Waals surface area contributed by atoms with Gasteiger partial charge in [0.1, 0.15) is 0 Å². The Morgan fingerprint density at radius 1 is 1.40 bits per heavy atom. The van der Waals surface area contributed by atoms with Crippen LogP contribution in [0.5, 0.6) is 0 Å². The van der Waals surface area contributed by atoms with Crippen LogP contribution in [0.1, 0.15) is 5.56 Å². The summed E-state index contributed by atoms with van der Waals surface area (Å²) in [5, 5.41) is 0.669. The van der Waals surface area contributed by atoms with Crippen LogP contribution in [-0.4, -0.2) is 0 Å². The summed E-state index contributed by atoms with van der Waals surface area (Å²) in [6, 6.07) is 5.20. The van der Waals surface area contributed by atoms with Gasteiger partial charge in [0.25, 0.3) is 0 Å². The van der Waals surface area contributed by atoms with Crippen molar-refractivity contribution >= 4 is 17.3 Å². The van der Waals surface area contributed by atoms with E-state index in [0.717, 1.165) is 5.56 Å². The van der Waals surface area contributed by atoms with Gasteiger partial charge in [-0.25, -0.2) is 0 Å². The van der Waals surface area contributed by atoms with E-state index >= 15 is 0 Å². The van der Waals surface area contributed by atoms with Gasteiger partial charge >= 0.3 is 18.9 Å². The summed E-state index contributed by atoms with van der Waals surface area (Å²) in [6.45, 7) is 1.92. The molecule has 0 aliphatic carbocycles. The summed E-state index contributed by atoms with van der Waals surface area (Å²) in [5.41, 5.74) is 8.63. The number of halogens is 1. The minimum atomic E-state index is 0. The molecule has 0 fully saturated rings. The zero-order chi connectivity index (χ0) is 6.85. The van der Waals surface area contributed by atoms with Crippen LogP contribution in [0.25, 0.3) is 5.73 Å². The van der Waals surface area contributed by atoms with Crippen molar-refractivity contribution in [3.8, 4) is 0 Å². The second-order valence-electron chi connectivity index (χ2n) is 1.96. The van der Waals surface area contributed by atoms with Crippen molar-refractivity contribution in [1.82, 2.24) is 0 Å². The summed E-state index contributed by atoms with van der Waals surface area (Å²) >= 11 is 5.69. The van der Waals surface area contributed by atoms with Crippen molar-refractivity contribution < 1.29 is 18.9 Å². The first-order valence-corrected chi connectivity index (χ1v) is 3.05. The van der Waals surface area contributed by atoms with E-state index in [4.69, 9.17) is 17.3 Å². The molecule has 1 N–H and O–H groups in total. The maximum absolute atomic E-state index is 7.15. The van der Waals surface area contributed by atoms with Gasteiger partial charge in [-0.1, -0.05) is 29.8 Å². The Morgan fingerprint density at radius 2 is 2.00 bits per heavy atom. The minimum absolute atomic E-state index is 0. The van der Waals surface area contributed by atoms with Crippen LogP contribution in [0.4, 0.5) is 5.69 Å². The monoisotopic (exact) mass is 147 g/mol. The van der Waals surface area contributed by atoms with E-state index in [1.165, 1.54) is 0 Å². The minimum Gasteiger partial charge on any atom is -0.699 e. The Hall–Kier alpha value is -0.0926. The predicted octanol–water partition coefficient (Wildman–Crippen LogP) is 0.336. The quantitative estimate of drug-likeness (QED) is 0.473. The van der Waals surface area contributed by atoms with Gasteiger partial charge in [0, 0.05) is 5.02 Å². The van der Waals surface area contributed by atoms with Crippen molar-refractivity contribution in [3.63, 3.8) is 0 Å². The first-order valence-electron chi connectivity index (χ1n) is 2.68. The second-order valence-corrected chi connectivity index (χ2v) is 2.37. The predicted molar refractivity (Wildman–Crippen MR) is 40.2 cm³/mol. The standard InChI is InChI=1S/C7H7ClN.Li/c1-5-2-3-6(9)4-7(5)8;/h2-4,9H,1H3;/q-1;+1. The Kier molecular flexibility index (Phi) is 3.89. The number of hydrogen-bond donors (Lipinski definition) is 0. The van der Waals surface area contributed by atoms with Crippen LogP contribution < -0.4 is 18.9 Å². The first-order chi connectivity index (χ1) is 4.20. The molecule has 3 heteroatoms. The molecule has 0 unspecified atom stereocenters. The Balaban J connectivity index is 0.000000810. The summed E-state index contributed by atoms with van der Waals surface area (Å²) in [4.78, 5) is 0. The maximum atomic E-state index is 7.15. The van der Waals surface area contributed by atoms with E-state index < -0.39 is 0 Å². The van der Waals surface area contributed by atoms with Gasteiger partial charge in [-0.15, -0.1) is 5.69 Å². The molecule has 0 amide bonds. The molecule has 0 atom stereocenters. The Labute approximate surface area is 77.7 Å². The van der Waals surface area contributed by atoms with Crippen LogP contribution in [0.15, 0.2) is 18.2 Å². The van der Waals surface area contributed by atoms with Crippen molar-refractivity contribution in [2.24, 2.45) is 0 Å². The summed E-state index contributed by atoms with van der Waals surface area (Å²) in [6.07, 6.45) is 0. The summed E-state index contributed by atoms with van der Waals surface area (Å²) < 4.78 is 0. The molecule has 0 saturated carbocycles. The van der Waals surface area contributed by atoms with E-state index in [-0.39, 0.29) is 18.9 Å². The molecule has 48 valence electrons. The van der Waals surface area contributed by atoms with Crippen molar-refractivity contribution in [2.75, 3.05) is 0 Å². The number of benzene rings is 1. The fraction of sp³-hybridized carbons (Fsp3) is 0.143. The molecule has 0 saturated heterocycles. The third-order valence-corrected chi connectivity index (χ3v) is 1.58. The molecule has 1 aromatic carbocycles.